The molecule has 0 aliphatic heterocycles. The first-order valence-electron chi connectivity index (χ1n) is 7.13. The number of carbonyl (C=O) groups is 1. The number of anilines is 1. The number of carbonyl (C=O) groups excluding carboxylic acids is 1. The van der Waals surface area contributed by atoms with Crippen molar-refractivity contribution < 1.29 is 26.8 Å². The van der Waals surface area contributed by atoms with Crippen LogP contribution < -0.4 is 10.1 Å². The molecule has 3 rings (SSSR count). The topological polar surface area (TPSA) is 125 Å². The minimum atomic E-state index is -3.83. The highest BCUT2D eigenvalue weighted by atomic mass is 79.9. The number of furan rings is 1. The van der Waals surface area contributed by atoms with Gasteiger partial charge >= 0.3 is 6.01 Å². The first-order valence-corrected chi connectivity index (χ1v) is 9.58. The summed E-state index contributed by atoms with van der Waals surface area (Å²) in [6, 6.07) is 8.72. The van der Waals surface area contributed by atoms with Gasteiger partial charge in [-0.05, 0) is 52.3 Å². The van der Waals surface area contributed by atoms with Crippen molar-refractivity contribution in [2.75, 3.05) is 18.2 Å². The molecule has 1 aromatic carbocycles. The lowest BCUT2D eigenvalue weighted by molar-refractivity contribution is -0.114. The maximum absolute atomic E-state index is 12.3. The van der Waals surface area contributed by atoms with Gasteiger partial charge in [0, 0.05) is 0 Å². The summed E-state index contributed by atoms with van der Waals surface area (Å²) in [6.45, 7) is 0. The van der Waals surface area contributed by atoms with Crippen LogP contribution in [0.4, 0.5) is 6.01 Å². The quantitative estimate of drug-likeness (QED) is 0.618. The van der Waals surface area contributed by atoms with Crippen molar-refractivity contribution in [3.63, 3.8) is 0 Å². The van der Waals surface area contributed by atoms with Gasteiger partial charge in [-0.15, -0.1) is 5.10 Å². The third kappa shape index (κ3) is 4.11. The lowest BCUT2D eigenvalue weighted by Gasteiger charge is -2.05. The molecule has 1 N–H and O–H groups in total. The normalized spacial score (nSPS) is 11.3. The maximum Gasteiger partial charge on any atom is 0.322 e. The van der Waals surface area contributed by atoms with Crippen LogP contribution in [0.1, 0.15) is 0 Å². The van der Waals surface area contributed by atoms with E-state index in [2.05, 4.69) is 31.4 Å². The molecule has 136 valence electrons. The van der Waals surface area contributed by atoms with Crippen LogP contribution in [-0.4, -0.2) is 37.4 Å². The Labute approximate surface area is 156 Å². The molecule has 0 saturated carbocycles. The third-order valence-corrected chi connectivity index (χ3v) is 5.25. The molecular formula is C15H12BrN3O6S. The second kappa shape index (κ2) is 7.30. The molecular weight excluding hydrogens is 430 g/mol. The number of benzene rings is 1. The summed E-state index contributed by atoms with van der Waals surface area (Å²) in [5.41, 5.74) is 0. The largest absolute Gasteiger partial charge is 0.497 e. The van der Waals surface area contributed by atoms with Gasteiger partial charge in [0.15, 0.2) is 20.3 Å². The van der Waals surface area contributed by atoms with Gasteiger partial charge in [-0.25, -0.2) is 8.42 Å². The van der Waals surface area contributed by atoms with E-state index in [-0.39, 0.29) is 16.8 Å². The van der Waals surface area contributed by atoms with Crippen LogP contribution in [0.5, 0.6) is 5.75 Å². The van der Waals surface area contributed by atoms with E-state index in [4.69, 9.17) is 13.6 Å². The van der Waals surface area contributed by atoms with Crippen LogP contribution in [0.25, 0.3) is 11.7 Å². The van der Waals surface area contributed by atoms with Gasteiger partial charge in [0.2, 0.25) is 5.91 Å². The van der Waals surface area contributed by atoms with Crippen LogP contribution in [0.3, 0.4) is 0 Å². The summed E-state index contributed by atoms with van der Waals surface area (Å²) < 4.78 is 40.5. The molecule has 2 heterocycles. The fourth-order valence-electron chi connectivity index (χ4n) is 2.00. The Morgan fingerprint density at radius 1 is 1.15 bits per heavy atom. The van der Waals surface area contributed by atoms with Gasteiger partial charge in [0.25, 0.3) is 5.89 Å². The number of hydrogen-bond acceptors (Lipinski definition) is 8. The summed E-state index contributed by atoms with van der Waals surface area (Å²) in [6.07, 6.45) is 0. The Bertz CT molecular complexity index is 1030. The van der Waals surface area contributed by atoms with E-state index >= 15 is 0 Å². The molecule has 0 radical (unpaired) electrons. The van der Waals surface area contributed by atoms with Gasteiger partial charge in [0.1, 0.15) is 11.5 Å². The molecule has 3 aromatic rings. The summed E-state index contributed by atoms with van der Waals surface area (Å²) in [5.74, 6) is -0.726. The van der Waals surface area contributed by atoms with Crippen molar-refractivity contribution >= 4 is 37.7 Å². The summed E-state index contributed by atoms with van der Waals surface area (Å²) >= 11 is 3.14. The molecule has 0 fully saturated rings. The first-order chi connectivity index (χ1) is 12.4. The Morgan fingerprint density at radius 2 is 1.88 bits per heavy atom. The van der Waals surface area contributed by atoms with Crippen molar-refractivity contribution in [2.45, 2.75) is 4.90 Å². The van der Waals surface area contributed by atoms with E-state index in [0.29, 0.717) is 16.2 Å². The number of methoxy groups -OCH3 is 1. The number of hydrogen-bond donors (Lipinski definition) is 1. The number of halogens is 1. The highest BCUT2D eigenvalue weighted by Gasteiger charge is 2.21. The molecule has 26 heavy (non-hydrogen) atoms. The number of amides is 1. The zero-order valence-electron chi connectivity index (χ0n) is 13.3. The number of nitrogens with zero attached hydrogens (tertiary/aromatic N) is 2. The molecule has 0 bridgehead atoms. The van der Waals surface area contributed by atoms with Crippen LogP contribution >= 0.6 is 15.9 Å². The molecule has 2 aromatic heterocycles. The van der Waals surface area contributed by atoms with E-state index in [1.165, 1.54) is 31.4 Å². The molecule has 0 aliphatic carbocycles. The summed E-state index contributed by atoms with van der Waals surface area (Å²) in [5, 5.41) is 9.60. The average molecular weight is 442 g/mol. The zero-order valence-corrected chi connectivity index (χ0v) is 15.7. The summed E-state index contributed by atoms with van der Waals surface area (Å²) in [4.78, 5) is 12.0. The SMILES string of the molecule is COc1ccc(S(=O)(=O)CC(=O)Nc2nnc(-c3ccc(Br)o3)o2)cc1. The van der Waals surface area contributed by atoms with Gasteiger partial charge in [0.05, 0.1) is 12.0 Å². The van der Waals surface area contributed by atoms with E-state index < -0.39 is 21.5 Å². The highest BCUT2D eigenvalue weighted by Crippen LogP contribution is 2.25. The second-order valence-electron chi connectivity index (χ2n) is 5.00. The van der Waals surface area contributed by atoms with Crippen molar-refractivity contribution in [1.29, 1.82) is 0 Å². The van der Waals surface area contributed by atoms with E-state index in [0.717, 1.165) is 0 Å². The smallest absolute Gasteiger partial charge is 0.322 e. The molecule has 11 heteroatoms. The van der Waals surface area contributed by atoms with Crippen molar-refractivity contribution in [1.82, 2.24) is 10.2 Å². The Kier molecular flexibility index (Phi) is 5.09. The average Bonchev–Trinajstić information content (AvgIpc) is 3.23. The highest BCUT2D eigenvalue weighted by molar-refractivity contribution is 9.10. The molecule has 0 aliphatic rings. The number of rotatable bonds is 6. The Balaban J connectivity index is 1.67. The fraction of sp³-hybridized carbons (Fsp3) is 0.133. The maximum atomic E-state index is 12.3. The standard InChI is InChI=1S/C15H12BrN3O6S/c1-23-9-2-4-10(5-3-9)26(21,22)8-13(20)17-15-19-18-14(25-15)11-6-7-12(16)24-11/h2-7H,8H2,1H3,(H,17,19,20). The van der Waals surface area contributed by atoms with Crippen LogP contribution in [0, 0.1) is 0 Å². The van der Waals surface area contributed by atoms with Gasteiger partial charge in [-0.1, -0.05) is 5.10 Å². The zero-order chi connectivity index (χ0) is 18.7. The lowest BCUT2D eigenvalue weighted by Crippen LogP contribution is -2.23. The minimum absolute atomic E-state index is 0.0000962. The third-order valence-electron chi connectivity index (χ3n) is 3.20. The van der Waals surface area contributed by atoms with E-state index in [9.17, 15) is 13.2 Å². The lowest BCUT2D eigenvalue weighted by atomic mass is 10.3. The fourth-order valence-corrected chi connectivity index (χ4v) is 3.44. The van der Waals surface area contributed by atoms with E-state index in [1.54, 1.807) is 12.1 Å². The molecule has 0 unspecified atom stereocenters. The predicted molar refractivity (Wildman–Crippen MR) is 93.4 cm³/mol. The molecule has 9 nitrogen and oxygen atoms in total. The Morgan fingerprint density at radius 3 is 2.50 bits per heavy atom. The molecule has 0 spiro atoms. The number of ether oxygens (including phenoxy) is 1. The van der Waals surface area contributed by atoms with Crippen molar-refractivity contribution in [3.05, 3.63) is 41.1 Å². The second-order valence-corrected chi connectivity index (χ2v) is 7.77. The van der Waals surface area contributed by atoms with Crippen LogP contribution in [0.15, 0.2) is 54.8 Å². The minimum Gasteiger partial charge on any atom is -0.497 e. The predicted octanol–water partition coefficient (Wildman–Crippen LogP) is 2.51. The van der Waals surface area contributed by atoms with Gasteiger partial charge < -0.3 is 13.6 Å². The van der Waals surface area contributed by atoms with E-state index in [1.807, 2.05) is 0 Å². The number of nitrogens with one attached hydrogen (secondary N) is 1. The van der Waals surface area contributed by atoms with Gasteiger partial charge in [-0.3, -0.25) is 10.1 Å². The molecule has 0 saturated heterocycles. The Hall–Kier alpha value is -2.66. The van der Waals surface area contributed by atoms with Crippen LogP contribution in [0.2, 0.25) is 0 Å². The van der Waals surface area contributed by atoms with Gasteiger partial charge in [-0.2, -0.15) is 0 Å². The molecule has 0 atom stereocenters. The number of sulfone groups is 1. The first kappa shape index (κ1) is 18.1. The molecule has 1 amide bonds. The van der Waals surface area contributed by atoms with Crippen molar-refractivity contribution in [2.24, 2.45) is 0 Å². The van der Waals surface area contributed by atoms with Crippen LogP contribution in [-0.2, 0) is 14.6 Å². The summed E-state index contributed by atoms with van der Waals surface area (Å²) in [7, 11) is -2.36. The number of aromatic nitrogens is 2. The van der Waals surface area contributed by atoms with Crippen molar-refractivity contribution in [3.8, 4) is 17.4 Å². The monoisotopic (exact) mass is 441 g/mol.